The van der Waals surface area contributed by atoms with Gasteiger partial charge in [-0.2, -0.15) is 0 Å². The smallest absolute Gasteiger partial charge is 0.410 e. The number of hydrogen-bond donors (Lipinski definition) is 3. The standard InChI is InChI=1S/C35H51N5O9/c1-34(2,3)28(37-29(41)27(20-11-9-8-10-12-20)36-32(44)38-35(4,5)6)30(42)40-18-23(15-24(40)31(43)46-7)49-33(45)39-16-21-13-25-26(48-19-47-25)14-22(21)17-39/h13-14,20,23-24,27-28H,8-12,15-19H2,1-7H3,(H,37,41)(H2,36,38,44)/t23-,24+,27+,28-/m1/s1. The zero-order chi connectivity index (χ0) is 35.7. The quantitative estimate of drug-likeness (QED) is 0.364. The first-order valence-corrected chi connectivity index (χ1v) is 17.2. The maximum Gasteiger partial charge on any atom is 0.410 e. The van der Waals surface area contributed by atoms with E-state index >= 15 is 0 Å². The maximum absolute atomic E-state index is 14.3. The summed E-state index contributed by atoms with van der Waals surface area (Å²) in [5, 5.41) is 8.69. The highest BCUT2D eigenvalue weighted by molar-refractivity contribution is 5.94. The highest BCUT2D eigenvalue weighted by Gasteiger charge is 2.48. The molecule has 1 saturated heterocycles. The fraction of sp³-hybridized carbons (Fsp3) is 0.686. The van der Waals surface area contributed by atoms with Crippen molar-refractivity contribution in [1.29, 1.82) is 0 Å². The number of carbonyl (C=O) groups excluding carboxylic acids is 5. The van der Waals surface area contributed by atoms with Crippen LogP contribution in [0.3, 0.4) is 0 Å². The molecule has 14 heteroatoms. The van der Waals surface area contributed by atoms with Gasteiger partial charge in [-0.1, -0.05) is 40.0 Å². The van der Waals surface area contributed by atoms with Crippen LogP contribution in [0.5, 0.6) is 11.5 Å². The van der Waals surface area contributed by atoms with Crippen LogP contribution in [0.15, 0.2) is 12.1 Å². The highest BCUT2D eigenvalue weighted by Crippen LogP contribution is 2.38. The number of carbonyl (C=O) groups is 5. The lowest BCUT2D eigenvalue weighted by Gasteiger charge is -2.37. The maximum atomic E-state index is 14.3. The molecule has 0 spiro atoms. The molecule has 0 unspecified atom stereocenters. The van der Waals surface area contributed by atoms with Crippen LogP contribution in [-0.4, -0.2) is 89.9 Å². The molecule has 0 aromatic heterocycles. The summed E-state index contributed by atoms with van der Waals surface area (Å²) in [6, 6.07) is 0.335. The van der Waals surface area contributed by atoms with Gasteiger partial charge in [-0.05, 0) is 68.2 Å². The van der Waals surface area contributed by atoms with Gasteiger partial charge in [0.15, 0.2) is 11.5 Å². The predicted octanol–water partition coefficient (Wildman–Crippen LogP) is 3.59. The first-order valence-electron chi connectivity index (χ1n) is 17.2. The van der Waals surface area contributed by atoms with Crippen LogP contribution in [0.25, 0.3) is 0 Å². The van der Waals surface area contributed by atoms with E-state index in [1.54, 1.807) is 4.90 Å². The van der Waals surface area contributed by atoms with E-state index in [1.165, 1.54) is 12.0 Å². The summed E-state index contributed by atoms with van der Waals surface area (Å²) in [5.74, 6) is -0.430. The summed E-state index contributed by atoms with van der Waals surface area (Å²) in [6.07, 6.45) is 3.20. The Labute approximate surface area is 287 Å². The monoisotopic (exact) mass is 685 g/mol. The Morgan fingerprint density at radius 2 is 1.51 bits per heavy atom. The third-order valence-electron chi connectivity index (χ3n) is 9.54. The molecule has 14 nitrogen and oxygen atoms in total. The summed E-state index contributed by atoms with van der Waals surface area (Å²) in [7, 11) is 1.24. The molecule has 1 aliphatic carbocycles. The number of rotatable bonds is 7. The number of ether oxygens (including phenoxy) is 4. The van der Waals surface area contributed by atoms with Gasteiger partial charge in [0, 0.05) is 25.0 Å². The third-order valence-corrected chi connectivity index (χ3v) is 9.54. The minimum absolute atomic E-state index is 0.0466. The van der Waals surface area contributed by atoms with E-state index in [0.29, 0.717) is 24.6 Å². The molecule has 4 aliphatic rings. The fourth-order valence-corrected chi connectivity index (χ4v) is 7.05. The molecule has 2 fully saturated rings. The molecular formula is C35H51N5O9. The van der Waals surface area contributed by atoms with Gasteiger partial charge < -0.3 is 39.8 Å². The van der Waals surface area contributed by atoms with Crippen LogP contribution in [0.2, 0.25) is 0 Å². The summed E-state index contributed by atoms with van der Waals surface area (Å²) in [4.78, 5) is 70.4. The first-order chi connectivity index (χ1) is 23.0. The Hall–Kier alpha value is -4.23. The van der Waals surface area contributed by atoms with Crippen LogP contribution in [0.4, 0.5) is 9.59 Å². The van der Waals surface area contributed by atoms with E-state index < -0.39 is 65.1 Å². The van der Waals surface area contributed by atoms with Gasteiger partial charge in [0.25, 0.3) is 0 Å². The molecule has 5 rings (SSSR count). The largest absolute Gasteiger partial charge is 0.467 e. The Kier molecular flexibility index (Phi) is 10.5. The average Bonchev–Trinajstić information content (AvgIpc) is 3.77. The van der Waals surface area contributed by atoms with Crippen LogP contribution in [0, 0.1) is 11.3 Å². The second-order valence-corrected chi connectivity index (χ2v) is 15.6. The average molecular weight is 686 g/mol. The van der Waals surface area contributed by atoms with Crippen molar-refractivity contribution in [3.8, 4) is 11.5 Å². The van der Waals surface area contributed by atoms with Crippen molar-refractivity contribution in [1.82, 2.24) is 25.8 Å². The lowest BCUT2D eigenvalue weighted by atomic mass is 9.82. The van der Waals surface area contributed by atoms with Crippen molar-refractivity contribution >= 4 is 29.9 Å². The van der Waals surface area contributed by atoms with Gasteiger partial charge in [-0.15, -0.1) is 0 Å². The normalized spacial score (nSPS) is 21.8. The molecular weight excluding hydrogens is 634 g/mol. The number of benzene rings is 1. The van der Waals surface area contributed by atoms with Gasteiger partial charge in [-0.3, -0.25) is 14.5 Å². The number of fused-ring (bicyclic) bond motifs is 2. The van der Waals surface area contributed by atoms with E-state index in [0.717, 1.165) is 43.2 Å². The molecule has 1 aromatic rings. The van der Waals surface area contributed by atoms with Crippen molar-refractivity contribution in [3.63, 3.8) is 0 Å². The topological polar surface area (TPSA) is 165 Å². The van der Waals surface area contributed by atoms with Crippen LogP contribution in [0.1, 0.15) is 91.2 Å². The molecule has 1 aromatic carbocycles. The summed E-state index contributed by atoms with van der Waals surface area (Å²) in [6.45, 7) is 11.8. The molecule has 3 N–H and O–H groups in total. The second-order valence-electron chi connectivity index (χ2n) is 15.6. The Balaban J connectivity index is 1.29. The minimum atomic E-state index is -1.06. The van der Waals surface area contributed by atoms with Crippen LogP contribution in [-0.2, 0) is 36.9 Å². The van der Waals surface area contributed by atoms with Gasteiger partial charge in [0.1, 0.15) is 24.2 Å². The van der Waals surface area contributed by atoms with Crippen LogP contribution >= 0.6 is 0 Å². The number of nitrogens with zero attached hydrogens (tertiary/aromatic N) is 2. The molecule has 0 bridgehead atoms. The lowest BCUT2D eigenvalue weighted by molar-refractivity contribution is -0.153. The van der Waals surface area contributed by atoms with E-state index in [9.17, 15) is 24.0 Å². The van der Waals surface area contributed by atoms with Crippen LogP contribution < -0.4 is 25.4 Å². The third kappa shape index (κ3) is 8.50. The molecule has 4 atom stereocenters. The molecule has 49 heavy (non-hydrogen) atoms. The Bertz CT molecular complexity index is 1410. The van der Waals surface area contributed by atoms with Crippen molar-refractivity contribution in [2.24, 2.45) is 11.3 Å². The number of nitrogens with one attached hydrogen (secondary N) is 3. The molecule has 3 heterocycles. The molecule has 0 radical (unpaired) electrons. The van der Waals surface area contributed by atoms with E-state index in [1.807, 2.05) is 53.7 Å². The van der Waals surface area contributed by atoms with E-state index in [-0.39, 0.29) is 25.7 Å². The number of hydrogen-bond acceptors (Lipinski definition) is 9. The van der Waals surface area contributed by atoms with Gasteiger partial charge in [0.2, 0.25) is 18.6 Å². The summed E-state index contributed by atoms with van der Waals surface area (Å²) in [5.41, 5.74) is 0.570. The van der Waals surface area contributed by atoms with Crippen molar-refractivity contribution < 1.29 is 42.9 Å². The zero-order valence-corrected chi connectivity index (χ0v) is 29.7. The number of methoxy groups -OCH3 is 1. The van der Waals surface area contributed by atoms with Crippen molar-refractivity contribution in [2.45, 2.75) is 123 Å². The number of urea groups is 1. The molecule has 5 amide bonds. The van der Waals surface area contributed by atoms with Gasteiger partial charge in [-0.25, -0.2) is 14.4 Å². The van der Waals surface area contributed by atoms with E-state index in [2.05, 4.69) is 16.0 Å². The minimum Gasteiger partial charge on any atom is -0.467 e. The second kappa shape index (κ2) is 14.3. The van der Waals surface area contributed by atoms with Gasteiger partial charge in [0.05, 0.1) is 13.7 Å². The lowest BCUT2D eigenvalue weighted by Crippen LogP contribution is -2.62. The molecule has 270 valence electrons. The fourth-order valence-electron chi connectivity index (χ4n) is 7.05. The summed E-state index contributed by atoms with van der Waals surface area (Å²) < 4.78 is 21.8. The predicted molar refractivity (Wildman–Crippen MR) is 177 cm³/mol. The molecule has 1 saturated carbocycles. The van der Waals surface area contributed by atoms with Crippen molar-refractivity contribution in [2.75, 3.05) is 20.4 Å². The first kappa shape index (κ1) is 36.1. The summed E-state index contributed by atoms with van der Waals surface area (Å²) >= 11 is 0. The highest BCUT2D eigenvalue weighted by atomic mass is 16.7. The Morgan fingerprint density at radius 3 is 2.06 bits per heavy atom. The number of likely N-dealkylation sites (tertiary alicyclic amines) is 1. The zero-order valence-electron chi connectivity index (χ0n) is 29.7. The Morgan fingerprint density at radius 1 is 0.898 bits per heavy atom. The number of amides is 5. The van der Waals surface area contributed by atoms with Crippen molar-refractivity contribution in [3.05, 3.63) is 23.3 Å². The van der Waals surface area contributed by atoms with E-state index in [4.69, 9.17) is 18.9 Å². The SMILES string of the molecule is COC(=O)[C@@H]1C[C@@H](OC(=O)N2Cc3cc4c(cc3C2)OCO4)CN1C(=O)[C@@H](NC(=O)[C@@H](NC(=O)NC(C)(C)C)C1CCCCC1)C(C)(C)C. The van der Waals surface area contributed by atoms with Gasteiger partial charge >= 0.3 is 18.1 Å². The molecule has 3 aliphatic heterocycles. The number of esters is 1.